The van der Waals surface area contributed by atoms with Crippen molar-refractivity contribution in [1.29, 1.82) is 5.26 Å². The van der Waals surface area contributed by atoms with Crippen molar-refractivity contribution in [3.05, 3.63) is 42.4 Å². The van der Waals surface area contributed by atoms with E-state index in [0.29, 0.717) is 25.9 Å². The maximum Gasteiger partial charge on any atom is 0.227 e. The summed E-state index contributed by atoms with van der Waals surface area (Å²) < 4.78 is 27.8. The van der Waals surface area contributed by atoms with E-state index < -0.39 is 21.9 Å². The van der Waals surface area contributed by atoms with Gasteiger partial charge in [0.2, 0.25) is 10.0 Å². The normalized spacial score (nSPS) is 28.4. The molecule has 1 spiro atoms. The predicted molar refractivity (Wildman–Crippen MR) is 103 cm³/mol. The van der Waals surface area contributed by atoms with Crippen LogP contribution in [0.15, 0.2) is 36.8 Å². The molecule has 3 unspecified atom stereocenters. The molecule has 2 fully saturated rings. The Bertz CT molecular complexity index is 1060. The number of hydrogen-bond acceptors (Lipinski definition) is 5. The fourth-order valence-corrected chi connectivity index (χ4v) is 6.56. The second-order valence-electron chi connectivity index (χ2n) is 8.21. The van der Waals surface area contributed by atoms with Gasteiger partial charge in [0, 0.05) is 24.6 Å². The van der Waals surface area contributed by atoms with Crippen LogP contribution in [0.2, 0.25) is 0 Å². The molecule has 5 rings (SSSR count). The minimum atomic E-state index is -3.51. The van der Waals surface area contributed by atoms with Crippen LogP contribution in [-0.2, 0) is 10.0 Å². The van der Waals surface area contributed by atoms with Crippen LogP contribution >= 0.6 is 0 Å². The summed E-state index contributed by atoms with van der Waals surface area (Å²) in [6, 6.07) is 10.1. The first-order valence-corrected chi connectivity index (χ1v) is 11.2. The SMILES string of the molecule is N#CCS(=O)(=O)N1CCC2(CC1)CC(C1c3ccccc3-c3cncn31)C2O. The second-order valence-corrected chi connectivity index (χ2v) is 10.2. The molecule has 0 amide bonds. The number of rotatable bonds is 3. The van der Waals surface area contributed by atoms with Crippen LogP contribution in [0.3, 0.4) is 0 Å². The van der Waals surface area contributed by atoms with Crippen molar-refractivity contribution < 1.29 is 13.5 Å². The number of aliphatic hydroxyl groups is 1. The minimum Gasteiger partial charge on any atom is -0.392 e. The van der Waals surface area contributed by atoms with Crippen molar-refractivity contribution in [2.45, 2.75) is 31.4 Å². The van der Waals surface area contributed by atoms with Crippen LogP contribution in [0.4, 0.5) is 0 Å². The van der Waals surface area contributed by atoms with E-state index >= 15 is 0 Å². The summed E-state index contributed by atoms with van der Waals surface area (Å²) in [6.07, 6.45) is 5.39. The number of imidazole rings is 1. The fourth-order valence-electron chi connectivity index (χ4n) is 5.47. The minimum absolute atomic E-state index is 0.0784. The summed E-state index contributed by atoms with van der Waals surface area (Å²) in [5.41, 5.74) is 3.27. The van der Waals surface area contributed by atoms with E-state index in [1.807, 2.05) is 24.7 Å². The fraction of sp³-hybridized carbons (Fsp3) is 0.500. The zero-order chi connectivity index (χ0) is 19.5. The van der Waals surface area contributed by atoms with Gasteiger partial charge in [-0.1, -0.05) is 24.3 Å². The van der Waals surface area contributed by atoms with Crippen LogP contribution in [0.5, 0.6) is 0 Å². The van der Waals surface area contributed by atoms with E-state index in [2.05, 4.69) is 21.7 Å². The molecule has 1 aliphatic carbocycles. The lowest BCUT2D eigenvalue weighted by atomic mass is 9.53. The van der Waals surface area contributed by atoms with Crippen LogP contribution in [0, 0.1) is 22.7 Å². The maximum atomic E-state index is 12.1. The lowest BCUT2D eigenvalue weighted by Gasteiger charge is -2.57. The van der Waals surface area contributed by atoms with E-state index in [9.17, 15) is 13.5 Å². The lowest BCUT2D eigenvalue weighted by molar-refractivity contribution is -0.152. The molecule has 3 aliphatic rings. The molecule has 1 saturated heterocycles. The molecule has 2 aromatic rings. The number of hydrogen-bond donors (Lipinski definition) is 1. The van der Waals surface area contributed by atoms with Gasteiger partial charge >= 0.3 is 0 Å². The third-order valence-electron chi connectivity index (χ3n) is 6.96. The quantitative estimate of drug-likeness (QED) is 0.849. The number of benzene rings is 1. The van der Waals surface area contributed by atoms with Gasteiger partial charge < -0.3 is 9.67 Å². The first-order valence-electron chi connectivity index (χ1n) is 9.61. The number of nitrogens with zero attached hydrogens (tertiary/aromatic N) is 4. The van der Waals surface area contributed by atoms with Crippen LogP contribution < -0.4 is 0 Å². The molecule has 1 aromatic carbocycles. The van der Waals surface area contributed by atoms with Gasteiger partial charge in [0.05, 0.1) is 36.4 Å². The highest BCUT2D eigenvalue weighted by atomic mass is 32.2. The van der Waals surface area contributed by atoms with E-state index in [1.54, 1.807) is 6.07 Å². The van der Waals surface area contributed by atoms with E-state index in [-0.39, 0.29) is 17.4 Å². The monoisotopic (exact) mass is 398 g/mol. The van der Waals surface area contributed by atoms with Gasteiger partial charge in [0.15, 0.2) is 5.75 Å². The molecule has 1 saturated carbocycles. The average molecular weight is 398 g/mol. The molecule has 0 bridgehead atoms. The number of nitriles is 1. The number of sulfonamides is 1. The van der Waals surface area contributed by atoms with Crippen molar-refractivity contribution in [2.24, 2.45) is 11.3 Å². The molecule has 2 aliphatic heterocycles. The molecule has 8 heteroatoms. The topological polar surface area (TPSA) is 99.2 Å². The van der Waals surface area contributed by atoms with E-state index in [0.717, 1.165) is 12.1 Å². The predicted octanol–water partition coefficient (Wildman–Crippen LogP) is 1.77. The number of fused-ring (bicyclic) bond motifs is 3. The highest BCUT2D eigenvalue weighted by Gasteiger charge is 2.58. The summed E-state index contributed by atoms with van der Waals surface area (Å²) in [5.74, 6) is -0.383. The number of aliphatic hydroxyl groups excluding tert-OH is 1. The molecule has 146 valence electrons. The second kappa shape index (κ2) is 6.14. The van der Waals surface area contributed by atoms with E-state index in [1.165, 1.54) is 15.4 Å². The van der Waals surface area contributed by atoms with Crippen molar-refractivity contribution in [1.82, 2.24) is 13.9 Å². The first kappa shape index (κ1) is 17.9. The smallest absolute Gasteiger partial charge is 0.227 e. The zero-order valence-electron chi connectivity index (χ0n) is 15.4. The zero-order valence-corrected chi connectivity index (χ0v) is 16.2. The van der Waals surface area contributed by atoms with Crippen LogP contribution in [-0.4, -0.2) is 52.3 Å². The van der Waals surface area contributed by atoms with Crippen molar-refractivity contribution in [2.75, 3.05) is 18.8 Å². The Morgan fingerprint density at radius 2 is 2.04 bits per heavy atom. The maximum absolute atomic E-state index is 12.1. The van der Waals surface area contributed by atoms with Crippen molar-refractivity contribution in [3.8, 4) is 17.3 Å². The molecule has 0 radical (unpaired) electrons. The summed E-state index contributed by atoms with van der Waals surface area (Å²) in [7, 11) is -3.51. The van der Waals surface area contributed by atoms with Gasteiger partial charge in [-0.25, -0.2) is 17.7 Å². The number of aromatic nitrogens is 2. The molecular weight excluding hydrogens is 376 g/mol. The summed E-state index contributed by atoms with van der Waals surface area (Å²) in [4.78, 5) is 4.30. The Hall–Kier alpha value is -2.21. The van der Waals surface area contributed by atoms with Gasteiger partial charge in [0.25, 0.3) is 0 Å². The molecule has 1 aromatic heterocycles. The standard InChI is InChI=1S/C20H22N4O3S/c21-7-10-28(26,27)23-8-5-20(6-9-23)11-16(19(20)25)18-15-4-2-1-3-14(15)17-12-22-13-24(17)18/h1-4,12-13,16,18-19,25H,5-6,8-11H2. The third kappa shape index (κ3) is 2.40. The van der Waals surface area contributed by atoms with Crippen molar-refractivity contribution in [3.63, 3.8) is 0 Å². The largest absolute Gasteiger partial charge is 0.392 e. The molecule has 3 atom stereocenters. The Kier molecular flexibility index (Phi) is 3.92. The van der Waals surface area contributed by atoms with Crippen molar-refractivity contribution >= 4 is 10.0 Å². The molecular formula is C20H22N4O3S. The summed E-state index contributed by atoms with van der Waals surface area (Å²) in [6.45, 7) is 0.761. The molecule has 1 N–H and O–H groups in total. The van der Waals surface area contributed by atoms with Gasteiger partial charge in [0.1, 0.15) is 0 Å². The van der Waals surface area contributed by atoms with Crippen LogP contribution in [0.25, 0.3) is 11.3 Å². The summed E-state index contributed by atoms with van der Waals surface area (Å²) in [5, 5.41) is 19.9. The van der Waals surface area contributed by atoms with E-state index in [4.69, 9.17) is 5.26 Å². The Balaban J connectivity index is 1.35. The van der Waals surface area contributed by atoms with Crippen LogP contribution in [0.1, 0.15) is 30.9 Å². The molecule has 28 heavy (non-hydrogen) atoms. The Morgan fingerprint density at radius 3 is 2.75 bits per heavy atom. The first-order chi connectivity index (χ1) is 13.5. The average Bonchev–Trinajstić information content (AvgIpc) is 3.27. The number of piperidine rings is 1. The third-order valence-corrected chi connectivity index (χ3v) is 8.61. The summed E-state index contributed by atoms with van der Waals surface area (Å²) >= 11 is 0. The Labute approximate surface area is 164 Å². The van der Waals surface area contributed by atoms with Gasteiger partial charge in [-0.2, -0.15) is 5.26 Å². The van der Waals surface area contributed by atoms with Gasteiger partial charge in [-0.15, -0.1) is 0 Å². The molecule has 7 nitrogen and oxygen atoms in total. The lowest BCUT2D eigenvalue weighted by Crippen LogP contribution is -2.60. The highest BCUT2D eigenvalue weighted by molar-refractivity contribution is 7.89. The molecule has 3 heterocycles. The van der Waals surface area contributed by atoms with Gasteiger partial charge in [-0.05, 0) is 30.2 Å². The van der Waals surface area contributed by atoms with Gasteiger partial charge in [-0.3, -0.25) is 0 Å². The highest BCUT2D eigenvalue weighted by Crippen LogP contribution is 2.59. The Morgan fingerprint density at radius 1 is 1.29 bits per heavy atom.